The van der Waals surface area contributed by atoms with Crippen molar-refractivity contribution in [3.63, 3.8) is 0 Å². The zero-order chi connectivity index (χ0) is 12.8. The standard InChI is InChI=1S/C14H24N4/c1-16-9-13(15)8-12-5-7-18(10-12)11-14-4-2-3-6-17-14/h2-4,6,12-13,16H,5,7-11,15H2,1H3. The summed E-state index contributed by atoms with van der Waals surface area (Å²) in [6, 6.07) is 6.40. The van der Waals surface area contributed by atoms with E-state index in [4.69, 9.17) is 5.73 Å². The minimum Gasteiger partial charge on any atom is -0.327 e. The van der Waals surface area contributed by atoms with E-state index in [1.165, 1.54) is 13.0 Å². The van der Waals surface area contributed by atoms with Crippen LogP contribution in [0.3, 0.4) is 0 Å². The van der Waals surface area contributed by atoms with Crippen molar-refractivity contribution in [3.05, 3.63) is 30.1 Å². The molecule has 4 heteroatoms. The molecule has 0 radical (unpaired) electrons. The third-order valence-electron chi connectivity index (χ3n) is 3.58. The van der Waals surface area contributed by atoms with Crippen molar-refractivity contribution in [2.24, 2.45) is 11.7 Å². The maximum Gasteiger partial charge on any atom is 0.0543 e. The molecular formula is C14H24N4. The van der Waals surface area contributed by atoms with Crippen molar-refractivity contribution in [2.75, 3.05) is 26.7 Å². The fourth-order valence-corrected chi connectivity index (χ4v) is 2.74. The maximum absolute atomic E-state index is 6.07. The number of nitrogens with zero attached hydrogens (tertiary/aromatic N) is 2. The summed E-state index contributed by atoms with van der Waals surface area (Å²) in [6.45, 7) is 4.22. The lowest BCUT2D eigenvalue weighted by Crippen LogP contribution is -2.34. The zero-order valence-corrected chi connectivity index (χ0v) is 11.2. The van der Waals surface area contributed by atoms with Gasteiger partial charge in [-0.05, 0) is 44.5 Å². The summed E-state index contributed by atoms with van der Waals surface area (Å²) < 4.78 is 0. The van der Waals surface area contributed by atoms with E-state index in [0.717, 1.165) is 37.7 Å². The highest BCUT2D eigenvalue weighted by Crippen LogP contribution is 2.21. The van der Waals surface area contributed by atoms with E-state index < -0.39 is 0 Å². The van der Waals surface area contributed by atoms with Crippen LogP contribution in [0.1, 0.15) is 18.5 Å². The minimum atomic E-state index is 0.287. The quantitative estimate of drug-likeness (QED) is 0.783. The van der Waals surface area contributed by atoms with Gasteiger partial charge in [0.1, 0.15) is 0 Å². The van der Waals surface area contributed by atoms with Gasteiger partial charge >= 0.3 is 0 Å². The monoisotopic (exact) mass is 248 g/mol. The van der Waals surface area contributed by atoms with E-state index in [-0.39, 0.29) is 6.04 Å². The third kappa shape index (κ3) is 4.05. The molecule has 18 heavy (non-hydrogen) atoms. The van der Waals surface area contributed by atoms with Gasteiger partial charge in [0, 0.05) is 31.9 Å². The molecule has 1 aromatic heterocycles. The van der Waals surface area contributed by atoms with Crippen LogP contribution >= 0.6 is 0 Å². The van der Waals surface area contributed by atoms with Crippen LogP contribution in [0.5, 0.6) is 0 Å². The average Bonchev–Trinajstić information content (AvgIpc) is 2.78. The molecule has 1 aliphatic rings. The second-order valence-electron chi connectivity index (χ2n) is 5.26. The number of hydrogen-bond acceptors (Lipinski definition) is 4. The van der Waals surface area contributed by atoms with Gasteiger partial charge in [-0.25, -0.2) is 0 Å². The van der Waals surface area contributed by atoms with Crippen molar-refractivity contribution in [1.82, 2.24) is 15.2 Å². The summed E-state index contributed by atoms with van der Waals surface area (Å²) in [7, 11) is 1.96. The SMILES string of the molecule is CNCC(N)CC1CCN(Cc2ccccn2)C1. The summed E-state index contributed by atoms with van der Waals surface area (Å²) in [5.74, 6) is 0.747. The first-order valence-corrected chi connectivity index (χ1v) is 6.80. The van der Waals surface area contributed by atoms with E-state index >= 15 is 0 Å². The van der Waals surface area contributed by atoms with Crippen molar-refractivity contribution in [2.45, 2.75) is 25.4 Å². The highest BCUT2D eigenvalue weighted by Gasteiger charge is 2.24. The average molecular weight is 248 g/mol. The number of likely N-dealkylation sites (tertiary alicyclic amines) is 1. The Morgan fingerprint density at radius 2 is 2.44 bits per heavy atom. The lowest BCUT2D eigenvalue weighted by molar-refractivity contribution is 0.305. The number of nitrogens with one attached hydrogen (secondary N) is 1. The maximum atomic E-state index is 6.07. The largest absolute Gasteiger partial charge is 0.327 e. The van der Waals surface area contributed by atoms with Gasteiger partial charge in [-0.2, -0.15) is 0 Å². The Labute approximate surface area is 110 Å². The Kier molecular flexibility index (Phi) is 5.11. The van der Waals surface area contributed by atoms with Crippen molar-refractivity contribution >= 4 is 0 Å². The number of nitrogens with two attached hydrogens (primary N) is 1. The summed E-state index contributed by atoms with van der Waals surface area (Å²) in [4.78, 5) is 6.87. The molecule has 2 heterocycles. The van der Waals surface area contributed by atoms with Gasteiger partial charge in [-0.15, -0.1) is 0 Å². The minimum absolute atomic E-state index is 0.287. The number of likely N-dealkylation sites (N-methyl/N-ethyl adjacent to an activating group) is 1. The summed E-state index contributed by atoms with van der Waals surface area (Å²) in [5, 5.41) is 3.14. The number of pyridine rings is 1. The number of rotatable bonds is 6. The second kappa shape index (κ2) is 6.83. The fraction of sp³-hybridized carbons (Fsp3) is 0.643. The van der Waals surface area contributed by atoms with Gasteiger partial charge in [0.2, 0.25) is 0 Å². The van der Waals surface area contributed by atoms with Gasteiger partial charge < -0.3 is 11.1 Å². The smallest absolute Gasteiger partial charge is 0.0543 e. The summed E-state index contributed by atoms with van der Waals surface area (Å²) in [5.41, 5.74) is 7.23. The molecule has 0 saturated carbocycles. The molecule has 3 N–H and O–H groups in total. The second-order valence-corrected chi connectivity index (χ2v) is 5.26. The Balaban J connectivity index is 1.75. The Morgan fingerprint density at radius 3 is 3.17 bits per heavy atom. The highest BCUT2D eigenvalue weighted by molar-refractivity contribution is 5.03. The topological polar surface area (TPSA) is 54.2 Å². The van der Waals surface area contributed by atoms with Crippen molar-refractivity contribution in [3.8, 4) is 0 Å². The zero-order valence-electron chi connectivity index (χ0n) is 11.2. The van der Waals surface area contributed by atoms with Crippen LogP contribution in [0.25, 0.3) is 0 Å². The van der Waals surface area contributed by atoms with Crippen LogP contribution < -0.4 is 11.1 Å². The molecule has 100 valence electrons. The van der Waals surface area contributed by atoms with Crippen molar-refractivity contribution in [1.29, 1.82) is 0 Å². The van der Waals surface area contributed by atoms with Crippen LogP contribution in [-0.4, -0.2) is 42.6 Å². The molecule has 2 rings (SSSR count). The molecule has 0 amide bonds. The lowest BCUT2D eigenvalue weighted by Gasteiger charge is -2.18. The molecule has 0 spiro atoms. The molecule has 1 fully saturated rings. The van der Waals surface area contributed by atoms with Gasteiger partial charge in [0.05, 0.1) is 5.69 Å². The van der Waals surface area contributed by atoms with Crippen molar-refractivity contribution < 1.29 is 0 Å². The first kappa shape index (κ1) is 13.5. The highest BCUT2D eigenvalue weighted by atomic mass is 15.1. The van der Waals surface area contributed by atoms with Crippen LogP contribution in [0, 0.1) is 5.92 Å². The van der Waals surface area contributed by atoms with E-state index in [9.17, 15) is 0 Å². The predicted molar refractivity (Wildman–Crippen MR) is 74.1 cm³/mol. The molecule has 1 aliphatic heterocycles. The normalized spacial score (nSPS) is 22.2. The lowest BCUT2D eigenvalue weighted by atomic mass is 10.00. The van der Waals surface area contributed by atoms with Crippen LogP contribution in [0.15, 0.2) is 24.4 Å². The van der Waals surface area contributed by atoms with E-state index in [0.29, 0.717) is 0 Å². The molecule has 4 nitrogen and oxygen atoms in total. The molecule has 1 aromatic rings. The Bertz CT molecular complexity index is 341. The first-order valence-electron chi connectivity index (χ1n) is 6.80. The molecule has 1 saturated heterocycles. The summed E-state index contributed by atoms with van der Waals surface area (Å²) in [6.07, 6.45) is 4.26. The Hall–Kier alpha value is -0.970. The number of aromatic nitrogens is 1. The van der Waals surface area contributed by atoms with Crippen LogP contribution in [0.2, 0.25) is 0 Å². The molecule has 2 unspecified atom stereocenters. The van der Waals surface area contributed by atoms with E-state index in [1.807, 2.05) is 19.3 Å². The third-order valence-corrected chi connectivity index (χ3v) is 3.58. The fourth-order valence-electron chi connectivity index (χ4n) is 2.74. The van der Waals surface area contributed by atoms with Gasteiger partial charge in [0.25, 0.3) is 0 Å². The molecule has 0 aromatic carbocycles. The van der Waals surface area contributed by atoms with Gasteiger partial charge in [-0.3, -0.25) is 9.88 Å². The molecular weight excluding hydrogens is 224 g/mol. The van der Waals surface area contributed by atoms with Crippen LogP contribution in [-0.2, 0) is 6.54 Å². The summed E-state index contributed by atoms with van der Waals surface area (Å²) >= 11 is 0. The van der Waals surface area contributed by atoms with Gasteiger partial charge in [0.15, 0.2) is 0 Å². The van der Waals surface area contributed by atoms with Gasteiger partial charge in [-0.1, -0.05) is 6.07 Å². The van der Waals surface area contributed by atoms with E-state index in [1.54, 1.807) is 0 Å². The first-order chi connectivity index (χ1) is 8.78. The molecule has 2 atom stereocenters. The Morgan fingerprint density at radius 1 is 1.56 bits per heavy atom. The number of hydrogen-bond donors (Lipinski definition) is 2. The van der Waals surface area contributed by atoms with Crippen LogP contribution in [0.4, 0.5) is 0 Å². The predicted octanol–water partition coefficient (Wildman–Crippen LogP) is 0.840. The molecule has 0 aliphatic carbocycles. The van der Waals surface area contributed by atoms with E-state index in [2.05, 4.69) is 27.3 Å². The molecule has 0 bridgehead atoms.